The highest BCUT2D eigenvalue weighted by molar-refractivity contribution is 7.89. The molecule has 4 rings (SSSR count). The van der Waals surface area contributed by atoms with Crippen molar-refractivity contribution in [2.75, 3.05) is 19.6 Å². The molecular formula is C24H29ClN4O3S. The lowest BCUT2D eigenvalue weighted by Crippen LogP contribution is -2.51. The van der Waals surface area contributed by atoms with Crippen LogP contribution in [-0.2, 0) is 21.2 Å². The maximum Gasteiger partial charge on any atom is 0.240 e. The van der Waals surface area contributed by atoms with Gasteiger partial charge in [0.2, 0.25) is 15.9 Å². The molecule has 9 heteroatoms. The number of hydrogen-bond acceptors (Lipinski definition) is 4. The largest absolute Gasteiger partial charge is 0.361 e. The van der Waals surface area contributed by atoms with Gasteiger partial charge in [0.1, 0.15) is 0 Å². The molecule has 1 aromatic heterocycles. The van der Waals surface area contributed by atoms with Gasteiger partial charge in [0.25, 0.3) is 0 Å². The molecule has 2 aromatic carbocycles. The standard InChI is InChI=1S/C24H29ClN4O3S/c1-17(24(30)26-13-10-18-16-27-23-5-3-2-4-22(18)23)29-14-11-20(12-15-29)28-33(31,32)21-8-6-19(25)7-9-21/h2-9,16-17,20,27-28H,10-15H2,1H3,(H,26,30). The minimum atomic E-state index is -3.59. The van der Waals surface area contributed by atoms with Gasteiger partial charge >= 0.3 is 0 Å². The molecule has 0 bridgehead atoms. The number of nitrogens with one attached hydrogen (secondary N) is 3. The van der Waals surface area contributed by atoms with Crippen LogP contribution in [0.1, 0.15) is 25.3 Å². The van der Waals surface area contributed by atoms with E-state index in [0.29, 0.717) is 37.5 Å². The summed E-state index contributed by atoms with van der Waals surface area (Å²) in [4.78, 5) is 18.2. The minimum Gasteiger partial charge on any atom is -0.361 e. The Balaban J connectivity index is 1.23. The lowest BCUT2D eigenvalue weighted by Gasteiger charge is -2.35. The van der Waals surface area contributed by atoms with E-state index in [1.807, 2.05) is 31.3 Å². The zero-order valence-corrected chi connectivity index (χ0v) is 20.1. The fourth-order valence-corrected chi connectivity index (χ4v) is 5.71. The van der Waals surface area contributed by atoms with Gasteiger partial charge in [-0.15, -0.1) is 0 Å². The van der Waals surface area contributed by atoms with Gasteiger partial charge in [-0.05, 0) is 62.1 Å². The molecule has 0 saturated carbocycles. The molecule has 1 aliphatic rings. The van der Waals surface area contributed by atoms with Gasteiger partial charge in [-0.25, -0.2) is 13.1 Å². The van der Waals surface area contributed by atoms with Crippen molar-refractivity contribution >= 4 is 38.4 Å². The third-order valence-corrected chi connectivity index (χ3v) is 8.06. The van der Waals surface area contributed by atoms with Crippen LogP contribution in [0.25, 0.3) is 10.9 Å². The van der Waals surface area contributed by atoms with Crippen LogP contribution in [0.5, 0.6) is 0 Å². The van der Waals surface area contributed by atoms with Crippen molar-refractivity contribution in [3.63, 3.8) is 0 Å². The fourth-order valence-electron chi connectivity index (χ4n) is 4.28. The van der Waals surface area contributed by atoms with Crippen LogP contribution < -0.4 is 10.0 Å². The number of carbonyl (C=O) groups excluding carboxylic acids is 1. The maximum absolute atomic E-state index is 12.7. The molecule has 0 spiro atoms. The number of sulfonamides is 1. The van der Waals surface area contributed by atoms with Crippen LogP contribution in [0.3, 0.4) is 0 Å². The number of aromatic nitrogens is 1. The van der Waals surface area contributed by atoms with Gasteiger partial charge in [0.05, 0.1) is 10.9 Å². The summed E-state index contributed by atoms with van der Waals surface area (Å²) in [6.07, 6.45) is 4.06. The molecule has 1 saturated heterocycles. The Kier molecular flexibility index (Phi) is 7.38. The molecule has 7 nitrogen and oxygen atoms in total. The summed E-state index contributed by atoms with van der Waals surface area (Å²) in [6.45, 7) is 3.79. The summed E-state index contributed by atoms with van der Waals surface area (Å²) < 4.78 is 28.0. The van der Waals surface area contributed by atoms with E-state index >= 15 is 0 Å². The van der Waals surface area contributed by atoms with Gasteiger partial charge in [-0.3, -0.25) is 9.69 Å². The monoisotopic (exact) mass is 488 g/mol. The van der Waals surface area contributed by atoms with Crippen LogP contribution in [0, 0.1) is 0 Å². The number of piperidine rings is 1. The Bertz CT molecular complexity index is 1200. The highest BCUT2D eigenvalue weighted by Gasteiger charge is 2.29. The second kappa shape index (κ2) is 10.3. The maximum atomic E-state index is 12.7. The molecule has 3 aromatic rings. The highest BCUT2D eigenvalue weighted by Crippen LogP contribution is 2.19. The van der Waals surface area contributed by atoms with Crippen molar-refractivity contribution in [1.29, 1.82) is 0 Å². The van der Waals surface area contributed by atoms with Crippen molar-refractivity contribution in [3.05, 3.63) is 65.3 Å². The minimum absolute atomic E-state index is 0.00460. The molecule has 1 amide bonds. The molecule has 1 fully saturated rings. The van der Waals surface area contributed by atoms with Crippen LogP contribution >= 0.6 is 11.6 Å². The Morgan fingerprint density at radius 3 is 2.58 bits per heavy atom. The summed E-state index contributed by atoms with van der Waals surface area (Å²) in [7, 11) is -3.59. The molecular weight excluding hydrogens is 460 g/mol. The second-order valence-corrected chi connectivity index (χ2v) is 10.6. The lowest BCUT2D eigenvalue weighted by molar-refractivity contribution is -0.126. The van der Waals surface area contributed by atoms with Gasteiger partial charge in [0.15, 0.2) is 0 Å². The normalized spacial score (nSPS) is 16.7. The van der Waals surface area contributed by atoms with E-state index in [1.54, 1.807) is 12.1 Å². The van der Waals surface area contributed by atoms with Gasteiger partial charge in [0, 0.05) is 47.8 Å². The first-order valence-electron chi connectivity index (χ1n) is 11.2. The van der Waals surface area contributed by atoms with Crippen LogP contribution in [0.4, 0.5) is 0 Å². The van der Waals surface area contributed by atoms with E-state index in [2.05, 4.69) is 26.0 Å². The van der Waals surface area contributed by atoms with Crippen molar-refractivity contribution < 1.29 is 13.2 Å². The molecule has 2 heterocycles. The number of nitrogens with zero attached hydrogens (tertiary/aromatic N) is 1. The smallest absolute Gasteiger partial charge is 0.240 e. The quantitative estimate of drug-likeness (QED) is 0.453. The summed E-state index contributed by atoms with van der Waals surface area (Å²) in [5, 5.41) is 4.72. The van der Waals surface area contributed by atoms with E-state index in [4.69, 9.17) is 11.6 Å². The number of rotatable bonds is 8. The first-order valence-corrected chi connectivity index (χ1v) is 13.0. The number of hydrogen-bond donors (Lipinski definition) is 3. The Morgan fingerprint density at radius 2 is 1.85 bits per heavy atom. The molecule has 0 aliphatic carbocycles. The van der Waals surface area contributed by atoms with E-state index in [9.17, 15) is 13.2 Å². The number of aromatic amines is 1. The summed E-state index contributed by atoms with van der Waals surface area (Å²) in [5.41, 5.74) is 2.29. The number of para-hydroxylation sites is 1. The molecule has 1 unspecified atom stereocenters. The summed E-state index contributed by atoms with van der Waals surface area (Å²) >= 11 is 5.85. The number of benzene rings is 2. The molecule has 33 heavy (non-hydrogen) atoms. The number of H-pyrrole nitrogens is 1. The SMILES string of the molecule is CC(C(=O)NCCc1c[nH]c2ccccc12)N1CCC(NS(=O)(=O)c2ccc(Cl)cc2)CC1. The topological polar surface area (TPSA) is 94.3 Å². The van der Waals surface area contributed by atoms with Crippen LogP contribution in [0.15, 0.2) is 59.6 Å². The fraction of sp³-hybridized carbons (Fsp3) is 0.375. The second-order valence-electron chi connectivity index (χ2n) is 8.46. The Hall–Kier alpha value is -2.39. The summed E-state index contributed by atoms with van der Waals surface area (Å²) in [6, 6.07) is 13.9. The predicted octanol–water partition coefficient (Wildman–Crippen LogP) is 3.31. The number of halogens is 1. The van der Waals surface area contributed by atoms with Crippen molar-refractivity contribution in [1.82, 2.24) is 19.9 Å². The van der Waals surface area contributed by atoms with Crippen LogP contribution in [0.2, 0.25) is 5.02 Å². The van der Waals surface area contributed by atoms with E-state index < -0.39 is 10.0 Å². The van der Waals surface area contributed by atoms with Crippen molar-refractivity contribution in [3.8, 4) is 0 Å². The number of fused-ring (bicyclic) bond motifs is 1. The first-order chi connectivity index (χ1) is 15.8. The van der Waals surface area contributed by atoms with Gasteiger partial charge in [-0.1, -0.05) is 29.8 Å². The third kappa shape index (κ3) is 5.76. The molecule has 1 atom stereocenters. The number of carbonyl (C=O) groups is 1. The van der Waals surface area contributed by atoms with Gasteiger partial charge < -0.3 is 10.3 Å². The van der Waals surface area contributed by atoms with Crippen molar-refractivity contribution in [2.45, 2.75) is 43.2 Å². The molecule has 0 radical (unpaired) electrons. The molecule has 3 N–H and O–H groups in total. The summed E-state index contributed by atoms with van der Waals surface area (Å²) in [5.74, 6) is -0.00460. The van der Waals surface area contributed by atoms with E-state index in [0.717, 1.165) is 11.9 Å². The average Bonchev–Trinajstić information content (AvgIpc) is 3.22. The first kappa shape index (κ1) is 23.8. The number of amides is 1. The Labute approximate surface area is 199 Å². The zero-order chi connectivity index (χ0) is 23.4. The van der Waals surface area contributed by atoms with Gasteiger partial charge in [-0.2, -0.15) is 0 Å². The van der Waals surface area contributed by atoms with Crippen LogP contribution in [-0.4, -0.2) is 55.9 Å². The lowest BCUT2D eigenvalue weighted by atomic mass is 10.0. The Morgan fingerprint density at radius 1 is 1.15 bits per heavy atom. The van der Waals surface area contributed by atoms with Crippen molar-refractivity contribution in [2.24, 2.45) is 0 Å². The molecule has 176 valence electrons. The highest BCUT2D eigenvalue weighted by atomic mass is 35.5. The van der Waals surface area contributed by atoms with E-state index in [-0.39, 0.29) is 22.9 Å². The van der Waals surface area contributed by atoms with E-state index in [1.165, 1.54) is 23.1 Å². The number of likely N-dealkylation sites (tertiary alicyclic amines) is 1. The molecule has 1 aliphatic heterocycles. The average molecular weight is 489 g/mol. The predicted molar refractivity (Wildman–Crippen MR) is 131 cm³/mol. The zero-order valence-electron chi connectivity index (χ0n) is 18.6. The third-order valence-electron chi connectivity index (χ3n) is 6.27.